The molecule has 0 aliphatic carbocycles. The molecule has 1 aliphatic heterocycles. The summed E-state index contributed by atoms with van der Waals surface area (Å²) in [6.45, 7) is 6.27. The molecule has 1 saturated heterocycles. The molecular weight excluding hydrogens is 456 g/mol. The number of aromatic nitrogens is 4. The van der Waals surface area contributed by atoms with Crippen LogP contribution in [0.1, 0.15) is 0 Å². The highest BCUT2D eigenvalue weighted by Gasteiger charge is 2.19. The highest BCUT2D eigenvalue weighted by atomic mass is 16.5. The Morgan fingerprint density at radius 3 is 2.78 bits per heavy atom. The normalized spacial score (nSPS) is 15.5. The Hall–Kier alpha value is -4.41. The fourth-order valence-corrected chi connectivity index (χ4v) is 4.02. The first-order valence-corrected chi connectivity index (χ1v) is 11.6. The van der Waals surface area contributed by atoms with Crippen molar-refractivity contribution in [3.8, 4) is 11.4 Å². The van der Waals surface area contributed by atoms with Crippen molar-refractivity contribution in [1.82, 2.24) is 19.9 Å². The van der Waals surface area contributed by atoms with E-state index >= 15 is 0 Å². The molecule has 36 heavy (non-hydrogen) atoms. The maximum atomic E-state index is 11.7. The molecule has 1 aromatic carbocycles. The van der Waals surface area contributed by atoms with Gasteiger partial charge in [-0.05, 0) is 48.5 Å². The van der Waals surface area contributed by atoms with Crippen LogP contribution < -0.4 is 21.3 Å². The zero-order valence-electron chi connectivity index (χ0n) is 19.6. The van der Waals surface area contributed by atoms with Crippen molar-refractivity contribution in [2.45, 2.75) is 6.10 Å². The highest BCUT2D eigenvalue weighted by molar-refractivity contribution is 5.99. The number of pyridine rings is 2. The van der Waals surface area contributed by atoms with E-state index < -0.39 is 0 Å². The number of amides is 1. The number of morpholine rings is 1. The van der Waals surface area contributed by atoms with Gasteiger partial charge in [-0.2, -0.15) is 0 Å². The first-order chi connectivity index (χ1) is 17.6. The second kappa shape index (κ2) is 10.5. The molecule has 10 heteroatoms. The van der Waals surface area contributed by atoms with Gasteiger partial charge in [-0.1, -0.05) is 6.58 Å². The summed E-state index contributed by atoms with van der Waals surface area (Å²) in [6.07, 6.45) is 6.31. The minimum atomic E-state index is -0.300. The van der Waals surface area contributed by atoms with E-state index in [1.165, 1.54) is 6.08 Å². The molecular formula is C26H26N8O2. The van der Waals surface area contributed by atoms with Crippen molar-refractivity contribution in [1.29, 1.82) is 0 Å². The first-order valence-electron chi connectivity index (χ1n) is 11.6. The van der Waals surface area contributed by atoms with E-state index in [0.717, 1.165) is 29.9 Å². The van der Waals surface area contributed by atoms with E-state index in [1.54, 1.807) is 30.7 Å². The Bertz CT molecular complexity index is 1390. The Kier molecular flexibility index (Phi) is 6.78. The van der Waals surface area contributed by atoms with Crippen LogP contribution in [0.2, 0.25) is 0 Å². The number of fused-ring (bicyclic) bond motifs is 1. The van der Waals surface area contributed by atoms with Crippen LogP contribution in [0.4, 0.5) is 23.0 Å². The van der Waals surface area contributed by atoms with Gasteiger partial charge in [0.1, 0.15) is 11.2 Å². The van der Waals surface area contributed by atoms with Gasteiger partial charge in [0.25, 0.3) is 0 Å². The molecule has 1 aliphatic rings. The number of carbonyl (C=O) groups is 1. The number of hydrogen-bond acceptors (Lipinski definition) is 9. The van der Waals surface area contributed by atoms with Crippen LogP contribution in [-0.4, -0.2) is 58.2 Å². The maximum Gasteiger partial charge on any atom is 0.247 e. The number of benzene rings is 1. The lowest BCUT2D eigenvalue weighted by Crippen LogP contribution is -2.45. The zero-order chi connectivity index (χ0) is 24.9. The Balaban J connectivity index is 1.38. The van der Waals surface area contributed by atoms with Crippen LogP contribution in [0.25, 0.3) is 22.3 Å². The fraction of sp³-hybridized carbons (Fsp3) is 0.192. The van der Waals surface area contributed by atoms with Crippen LogP contribution in [0.15, 0.2) is 73.7 Å². The average Bonchev–Trinajstić information content (AvgIpc) is 2.93. The van der Waals surface area contributed by atoms with Gasteiger partial charge in [0, 0.05) is 60.7 Å². The van der Waals surface area contributed by atoms with Gasteiger partial charge in [0.05, 0.1) is 18.4 Å². The van der Waals surface area contributed by atoms with Gasteiger partial charge >= 0.3 is 0 Å². The third kappa shape index (κ3) is 5.14. The van der Waals surface area contributed by atoms with Gasteiger partial charge < -0.3 is 26.0 Å². The number of nitrogens with zero attached hydrogens (tertiary/aromatic N) is 5. The van der Waals surface area contributed by atoms with Gasteiger partial charge in [-0.25, -0.2) is 9.97 Å². The largest absolute Gasteiger partial charge is 0.373 e. The molecule has 0 unspecified atom stereocenters. The van der Waals surface area contributed by atoms with E-state index in [2.05, 4.69) is 49.2 Å². The summed E-state index contributed by atoms with van der Waals surface area (Å²) in [7, 11) is 0. The third-order valence-corrected chi connectivity index (χ3v) is 5.84. The van der Waals surface area contributed by atoms with E-state index in [0.29, 0.717) is 41.7 Å². The van der Waals surface area contributed by atoms with Crippen molar-refractivity contribution in [3.05, 3.63) is 73.7 Å². The van der Waals surface area contributed by atoms with E-state index in [4.69, 9.17) is 15.5 Å². The number of carbonyl (C=O) groups excluding carboxylic acids is 1. The Morgan fingerprint density at radius 1 is 1.14 bits per heavy atom. The molecule has 4 heterocycles. The van der Waals surface area contributed by atoms with Crippen molar-refractivity contribution in [2.75, 3.05) is 41.8 Å². The van der Waals surface area contributed by atoms with E-state index in [1.807, 2.05) is 18.2 Å². The molecule has 0 radical (unpaired) electrons. The molecule has 1 atom stereocenters. The van der Waals surface area contributed by atoms with Gasteiger partial charge in [0.2, 0.25) is 11.9 Å². The summed E-state index contributed by atoms with van der Waals surface area (Å²) in [4.78, 5) is 32.1. The fourth-order valence-electron chi connectivity index (χ4n) is 4.02. The van der Waals surface area contributed by atoms with Crippen LogP contribution in [0.3, 0.4) is 0 Å². The number of nitrogens with two attached hydrogens (primary N) is 1. The van der Waals surface area contributed by atoms with Crippen molar-refractivity contribution in [2.24, 2.45) is 5.73 Å². The molecule has 3 aromatic heterocycles. The summed E-state index contributed by atoms with van der Waals surface area (Å²) in [5.74, 6) is 0.140. The van der Waals surface area contributed by atoms with Crippen LogP contribution >= 0.6 is 0 Å². The maximum absolute atomic E-state index is 11.7. The summed E-state index contributed by atoms with van der Waals surface area (Å²) < 4.78 is 5.66. The summed E-state index contributed by atoms with van der Waals surface area (Å²) in [5.41, 5.74) is 10.1. The minimum absolute atomic E-state index is 0.0544. The summed E-state index contributed by atoms with van der Waals surface area (Å²) in [6, 6.07) is 13.4. The molecule has 1 fully saturated rings. The average molecular weight is 483 g/mol. The number of anilines is 4. The lowest BCUT2D eigenvalue weighted by Gasteiger charge is -2.34. The van der Waals surface area contributed by atoms with Gasteiger partial charge in [-0.3, -0.25) is 14.8 Å². The molecule has 5 rings (SSSR count). The molecule has 1 amide bonds. The molecule has 0 saturated carbocycles. The van der Waals surface area contributed by atoms with Gasteiger partial charge in [-0.15, -0.1) is 0 Å². The smallest absolute Gasteiger partial charge is 0.247 e. The van der Waals surface area contributed by atoms with Crippen molar-refractivity contribution in [3.63, 3.8) is 0 Å². The topological polar surface area (TPSA) is 131 Å². The summed E-state index contributed by atoms with van der Waals surface area (Å²) in [5, 5.41) is 6.83. The Labute approximate surface area is 208 Å². The summed E-state index contributed by atoms with van der Waals surface area (Å²) >= 11 is 0. The minimum Gasteiger partial charge on any atom is -0.373 e. The predicted molar refractivity (Wildman–Crippen MR) is 140 cm³/mol. The second-order valence-corrected chi connectivity index (χ2v) is 8.26. The second-order valence-electron chi connectivity index (χ2n) is 8.26. The molecule has 10 nitrogen and oxygen atoms in total. The van der Waals surface area contributed by atoms with E-state index in [9.17, 15) is 4.79 Å². The molecule has 182 valence electrons. The standard InChI is InChI=1S/C26H26N8O2/c1-2-23(35)31-19-8-10-28-22(13-19)25-24-17(7-9-29-25)15-30-26(33-24)32-18-3-5-20(6-4-18)34-11-12-36-21(14-27)16-34/h2-10,13,15,21H,1,11-12,14,16,27H2,(H,28,31,35)(H,30,32,33)/t21-/m1/s1. The number of ether oxygens (including phenoxy) is 1. The quantitative estimate of drug-likeness (QED) is 0.340. The first kappa shape index (κ1) is 23.3. The number of rotatable bonds is 7. The monoisotopic (exact) mass is 482 g/mol. The third-order valence-electron chi connectivity index (χ3n) is 5.84. The van der Waals surface area contributed by atoms with Crippen LogP contribution in [0, 0.1) is 0 Å². The lowest BCUT2D eigenvalue weighted by atomic mass is 10.1. The molecule has 4 N–H and O–H groups in total. The van der Waals surface area contributed by atoms with Crippen molar-refractivity contribution >= 4 is 39.8 Å². The predicted octanol–water partition coefficient (Wildman–Crippen LogP) is 3.12. The van der Waals surface area contributed by atoms with E-state index in [-0.39, 0.29) is 12.0 Å². The molecule has 0 spiro atoms. The lowest BCUT2D eigenvalue weighted by molar-refractivity contribution is -0.111. The van der Waals surface area contributed by atoms with Gasteiger partial charge in [0.15, 0.2) is 0 Å². The Morgan fingerprint density at radius 2 is 1.97 bits per heavy atom. The zero-order valence-corrected chi connectivity index (χ0v) is 19.6. The van der Waals surface area contributed by atoms with Crippen molar-refractivity contribution < 1.29 is 9.53 Å². The number of nitrogens with one attached hydrogen (secondary N) is 2. The number of hydrogen-bond donors (Lipinski definition) is 3. The SMILES string of the molecule is C=CC(=O)Nc1ccnc(-c2nccc3cnc(Nc4ccc(N5CCO[C@H](CN)C5)cc4)nc23)c1. The highest BCUT2D eigenvalue weighted by Crippen LogP contribution is 2.27. The molecule has 4 aromatic rings. The van der Waals surface area contributed by atoms with Crippen LogP contribution in [-0.2, 0) is 9.53 Å². The molecule has 0 bridgehead atoms. The van der Waals surface area contributed by atoms with Crippen LogP contribution in [0.5, 0.6) is 0 Å².